The van der Waals surface area contributed by atoms with E-state index in [1.165, 1.54) is 0 Å². The number of para-hydroxylation sites is 1. The van der Waals surface area contributed by atoms with Crippen LogP contribution >= 0.6 is 0 Å². The van der Waals surface area contributed by atoms with Crippen LogP contribution in [0.4, 0.5) is 0 Å². The average molecular weight is 398 g/mol. The van der Waals surface area contributed by atoms with Crippen molar-refractivity contribution < 1.29 is 23.8 Å². The Bertz CT molecular complexity index is 1160. The molecule has 3 aromatic carbocycles. The molecule has 0 bridgehead atoms. The number of hydrogen-bond acceptors (Lipinski definition) is 5. The quantitative estimate of drug-likeness (QED) is 0.340. The van der Waals surface area contributed by atoms with E-state index in [0.717, 1.165) is 11.3 Å². The molecule has 148 valence electrons. The maximum Gasteiger partial charge on any atom is 0.343 e. The Hall–Kier alpha value is -4.12. The number of ketones is 1. The van der Waals surface area contributed by atoms with E-state index in [9.17, 15) is 9.59 Å². The standard InChI is InChI=1S/C25H18O5/c1-28-21-12-6-5-8-17(21)11-7-13-22-24(26)20-15-14-19(16-23(20)30-22)29-25(27)18-9-3-2-4-10-18/h2-16H,1H3. The zero-order valence-electron chi connectivity index (χ0n) is 16.2. The van der Waals surface area contributed by atoms with Crippen LogP contribution < -0.4 is 14.2 Å². The zero-order valence-corrected chi connectivity index (χ0v) is 16.2. The van der Waals surface area contributed by atoms with E-state index in [2.05, 4.69) is 0 Å². The van der Waals surface area contributed by atoms with Gasteiger partial charge in [0.25, 0.3) is 0 Å². The van der Waals surface area contributed by atoms with E-state index >= 15 is 0 Å². The zero-order chi connectivity index (χ0) is 20.9. The van der Waals surface area contributed by atoms with Gasteiger partial charge in [-0.25, -0.2) is 4.79 Å². The van der Waals surface area contributed by atoms with Gasteiger partial charge in [0, 0.05) is 11.6 Å². The topological polar surface area (TPSA) is 61.8 Å². The van der Waals surface area contributed by atoms with Crippen LogP contribution in [0.1, 0.15) is 26.3 Å². The third-order valence-electron chi connectivity index (χ3n) is 4.52. The summed E-state index contributed by atoms with van der Waals surface area (Å²) in [5.74, 6) is 0.893. The van der Waals surface area contributed by atoms with Crippen molar-refractivity contribution in [3.05, 3.63) is 107 Å². The summed E-state index contributed by atoms with van der Waals surface area (Å²) in [4.78, 5) is 24.8. The number of esters is 1. The fourth-order valence-electron chi connectivity index (χ4n) is 3.03. The van der Waals surface area contributed by atoms with Gasteiger partial charge in [0.1, 0.15) is 17.2 Å². The van der Waals surface area contributed by atoms with Crippen molar-refractivity contribution in [2.45, 2.75) is 0 Å². The number of benzene rings is 3. The summed E-state index contributed by atoms with van der Waals surface area (Å²) in [7, 11) is 1.60. The lowest BCUT2D eigenvalue weighted by molar-refractivity contribution is 0.0734. The maximum absolute atomic E-state index is 12.6. The molecule has 0 atom stereocenters. The van der Waals surface area contributed by atoms with Crippen LogP contribution in [0.5, 0.6) is 17.2 Å². The number of Topliss-reactive ketones (excluding diaryl/α,β-unsaturated/α-hetero) is 1. The van der Waals surface area contributed by atoms with E-state index in [4.69, 9.17) is 14.2 Å². The van der Waals surface area contributed by atoms with Crippen molar-refractivity contribution in [2.24, 2.45) is 0 Å². The first-order chi connectivity index (χ1) is 14.7. The highest BCUT2D eigenvalue weighted by Gasteiger charge is 2.27. The monoisotopic (exact) mass is 398 g/mol. The first kappa shape index (κ1) is 19.2. The van der Waals surface area contributed by atoms with Gasteiger partial charge in [-0.15, -0.1) is 0 Å². The molecule has 0 aliphatic carbocycles. The van der Waals surface area contributed by atoms with Gasteiger partial charge in [-0.2, -0.15) is 0 Å². The number of hydrogen-bond donors (Lipinski definition) is 0. The summed E-state index contributed by atoms with van der Waals surface area (Å²) < 4.78 is 16.4. The van der Waals surface area contributed by atoms with Gasteiger partial charge in [-0.1, -0.05) is 48.6 Å². The van der Waals surface area contributed by atoms with E-state index in [0.29, 0.717) is 22.6 Å². The smallest absolute Gasteiger partial charge is 0.343 e. The van der Waals surface area contributed by atoms with Gasteiger partial charge in [0.05, 0.1) is 18.2 Å². The third kappa shape index (κ3) is 4.00. The Morgan fingerprint density at radius 1 is 0.967 bits per heavy atom. The third-order valence-corrected chi connectivity index (χ3v) is 4.52. The minimum absolute atomic E-state index is 0.197. The summed E-state index contributed by atoms with van der Waals surface area (Å²) in [6.07, 6.45) is 5.16. The Balaban J connectivity index is 1.49. The average Bonchev–Trinajstić information content (AvgIpc) is 3.09. The second kappa shape index (κ2) is 8.49. The molecule has 0 saturated heterocycles. The van der Waals surface area contributed by atoms with E-state index in [1.54, 1.807) is 61.7 Å². The number of carbonyl (C=O) groups is 2. The molecule has 1 heterocycles. The van der Waals surface area contributed by atoms with Crippen LogP contribution in [0.3, 0.4) is 0 Å². The van der Waals surface area contributed by atoms with Gasteiger partial charge >= 0.3 is 5.97 Å². The lowest BCUT2D eigenvalue weighted by Crippen LogP contribution is -2.08. The number of ether oxygens (including phenoxy) is 3. The van der Waals surface area contributed by atoms with E-state index < -0.39 is 5.97 Å². The predicted molar refractivity (Wildman–Crippen MR) is 113 cm³/mol. The van der Waals surface area contributed by atoms with Gasteiger partial charge in [-0.3, -0.25) is 4.79 Å². The number of fused-ring (bicyclic) bond motifs is 1. The second-order valence-corrected chi connectivity index (χ2v) is 6.48. The molecule has 4 rings (SSSR count). The number of allylic oxidation sites excluding steroid dienone is 3. The number of carbonyl (C=O) groups excluding carboxylic acids is 2. The summed E-state index contributed by atoms with van der Waals surface area (Å²) in [5.41, 5.74) is 1.75. The Morgan fingerprint density at radius 3 is 2.53 bits per heavy atom. The molecule has 0 radical (unpaired) electrons. The fourth-order valence-corrected chi connectivity index (χ4v) is 3.03. The molecule has 30 heavy (non-hydrogen) atoms. The largest absolute Gasteiger partial charge is 0.496 e. The number of rotatable bonds is 5. The van der Waals surface area contributed by atoms with Crippen LogP contribution in [0, 0.1) is 0 Å². The van der Waals surface area contributed by atoms with Crippen molar-refractivity contribution in [3.63, 3.8) is 0 Å². The molecular formula is C25H18O5. The summed E-state index contributed by atoms with van der Waals surface area (Å²) in [6.45, 7) is 0. The van der Waals surface area contributed by atoms with Crippen molar-refractivity contribution in [3.8, 4) is 17.2 Å². The minimum Gasteiger partial charge on any atom is -0.496 e. The first-order valence-corrected chi connectivity index (χ1v) is 9.31. The molecule has 0 N–H and O–H groups in total. The Labute approximate surface area is 173 Å². The molecule has 5 nitrogen and oxygen atoms in total. The number of methoxy groups -OCH3 is 1. The molecular weight excluding hydrogens is 380 g/mol. The highest BCUT2D eigenvalue weighted by atomic mass is 16.5. The highest BCUT2D eigenvalue weighted by molar-refractivity contribution is 6.12. The van der Waals surface area contributed by atoms with Crippen molar-refractivity contribution in [2.75, 3.05) is 7.11 Å². The molecule has 1 aliphatic heterocycles. The predicted octanol–water partition coefficient (Wildman–Crippen LogP) is 5.09. The molecule has 0 unspecified atom stereocenters. The van der Waals surface area contributed by atoms with Crippen molar-refractivity contribution in [1.82, 2.24) is 0 Å². The Kier molecular flexibility index (Phi) is 5.44. The van der Waals surface area contributed by atoms with E-state index in [-0.39, 0.29) is 11.5 Å². The molecule has 0 spiro atoms. The highest BCUT2D eigenvalue weighted by Crippen LogP contribution is 2.34. The van der Waals surface area contributed by atoms with Crippen LogP contribution in [0.15, 0.2) is 90.7 Å². The van der Waals surface area contributed by atoms with Crippen LogP contribution in [0.25, 0.3) is 6.08 Å². The van der Waals surface area contributed by atoms with E-state index in [1.807, 2.05) is 36.4 Å². The summed E-state index contributed by atoms with van der Waals surface area (Å²) >= 11 is 0. The second-order valence-electron chi connectivity index (χ2n) is 6.48. The van der Waals surface area contributed by atoms with Crippen molar-refractivity contribution >= 4 is 17.8 Å². The normalized spacial score (nSPS) is 13.9. The lowest BCUT2D eigenvalue weighted by Gasteiger charge is -2.05. The van der Waals surface area contributed by atoms with Crippen LogP contribution in [-0.4, -0.2) is 18.9 Å². The van der Waals surface area contributed by atoms with Crippen LogP contribution in [0.2, 0.25) is 0 Å². The molecule has 3 aromatic rings. The van der Waals surface area contributed by atoms with Gasteiger partial charge in [-0.05, 0) is 36.4 Å². The first-order valence-electron chi connectivity index (χ1n) is 9.31. The molecule has 0 fully saturated rings. The fraction of sp³-hybridized carbons (Fsp3) is 0.0400. The SMILES string of the molecule is COc1ccccc1C=CC=C1Oc2cc(OC(=O)c3ccccc3)ccc2C1=O. The maximum atomic E-state index is 12.6. The van der Waals surface area contributed by atoms with Crippen molar-refractivity contribution in [1.29, 1.82) is 0 Å². The lowest BCUT2D eigenvalue weighted by atomic mass is 10.1. The minimum atomic E-state index is -0.476. The molecule has 0 aromatic heterocycles. The van der Waals surface area contributed by atoms with Gasteiger partial charge in [0.15, 0.2) is 5.76 Å². The molecule has 0 amide bonds. The molecule has 5 heteroatoms. The summed E-state index contributed by atoms with van der Waals surface area (Å²) in [6, 6.07) is 21.0. The van der Waals surface area contributed by atoms with Crippen LogP contribution in [-0.2, 0) is 0 Å². The van der Waals surface area contributed by atoms with Gasteiger partial charge < -0.3 is 14.2 Å². The molecule has 1 aliphatic rings. The Morgan fingerprint density at radius 2 is 1.73 bits per heavy atom. The summed E-state index contributed by atoms with van der Waals surface area (Å²) in [5, 5.41) is 0. The molecule has 0 saturated carbocycles. The van der Waals surface area contributed by atoms with Gasteiger partial charge in [0.2, 0.25) is 5.78 Å².